The van der Waals surface area contributed by atoms with Crippen molar-refractivity contribution in [1.29, 1.82) is 0 Å². The molecule has 0 fully saturated rings. The van der Waals surface area contributed by atoms with Crippen LogP contribution in [0.3, 0.4) is 0 Å². The Morgan fingerprint density at radius 3 is 2.14 bits per heavy atom. The van der Waals surface area contributed by atoms with E-state index in [1.165, 1.54) is 23.3 Å². The largest absolute Gasteiger partial charge is 0.508 e. The number of ether oxygens (including phenoxy) is 1. The predicted octanol–water partition coefficient (Wildman–Crippen LogP) is 3.36. The van der Waals surface area contributed by atoms with Gasteiger partial charge in [0.25, 0.3) is 0 Å². The fourth-order valence-electron chi connectivity index (χ4n) is 1.95. The van der Waals surface area contributed by atoms with Crippen molar-refractivity contribution in [1.82, 2.24) is 0 Å². The molecule has 0 heterocycles. The number of phenolic OH excluding ortho intramolecular Hbond substituents is 1. The fraction of sp³-hybridized carbons (Fsp3) is 0.278. The molecule has 0 aliphatic carbocycles. The quantitative estimate of drug-likeness (QED) is 0.853. The summed E-state index contributed by atoms with van der Waals surface area (Å²) in [7, 11) is 0. The molecule has 22 heavy (non-hydrogen) atoms. The molecule has 0 aromatic heterocycles. The second-order valence-electron chi connectivity index (χ2n) is 4.80. The van der Waals surface area contributed by atoms with Gasteiger partial charge >= 0.3 is 5.97 Å². The molecular formula is C18H22O4. The zero-order chi connectivity index (χ0) is 16.5. The van der Waals surface area contributed by atoms with E-state index in [1.54, 1.807) is 19.1 Å². The maximum Gasteiger partial charge on any atom is 0.338 e. The molecule has 0 amide bonds. The van der Waals surface area contributed by atoms with E-state index in [-0.39, 0.29) is 12.4 Å². The molecule has 0 radical (unpaired) electrons. The number of aliphatic hydroxyl groups is 1. The van der Waals surface area contributed by atoms with E-state index >= 15 is 0 Å². The predicted molar refractivity (Wildman–Crippen MR) is 85.9 cm³/mol. The molecule has 0 aliphatic heterocycles. The highest BCUT2D eigenvalue weighted by Crippen LogP contribution is 2.12. The van der Waals surface area contributed by atoms with Crippen molar-refractivity contribution in [3.63, 3.8) is 0 Å². The van der Waals surface area contributed by atoms with Gasteiger partial charge in [-0.2, -0.15) is 0 Å². The maximum absolute atomic E-state index is 11.1. The van der Waals surface area contributed by atoms with Gasteiger partial charge < -0.3 is 14.9 Å². The molecule has 4 nitrogen and oxygen atoms in total. The highest BCUT2D eigenvalue weighted by Gasteiger charge is 2.05. The third-order valence-electron chi connectivity index (χ3n) is 3.16. The molecule has 0 spiro atoms. The molecule has 0 atom stereocenters. The van der Waals surface area contributed by atoms with Crippen LogP contribution in [-0.4, -0.2) is 22.8 Å². The van der Waals surface area contributed by atoms with E-state index < -0.39 is 5.97 Å². The number of aromatic hydroxyl groups is 1. The van der Waals surface area contributed by atoms with E-state index in [9.17, 15) is 4.79 Å². The minimum absolute atomic E-state index is 0.0700. The number of phenols is 1. The van der Waals surface area contributed by atoms with E-state index in [0.29, 0.717) is 12.2 Å². The van der Waals surface area contributed by atoms with Crippen LogP contribution in [0.4, 0.5) is 0 Å². The molecule has 0 bridgehead atoms. The molecule has 4 heteroatoms. The van der Waals surface area contributed by atoms with Crippen molar-refractivity contribution in [2.45, 2.75) is 27.4 Å². The van der Waals surface area contributed by atoms with Crippen molar-refractivity contribution in [2.24, 2.45) is 0 Å². The van der Waals surface area contributed by atoms with Crippen molar-refractivity contribution < 1.29 is 19.7 Å². The number of aryl methyl sites for hydroxylation is 2. The van der Waals surface area contributed by atoms with Gasteiger partial charge in [0.2, 0.25) is 0 Å². The van der Waals surface area contributed by atoms with Crippen LogP contribution in [0.1, 0.15) is 34.0 Å². The monoisotopic (exact) mass is 302 g/mol. The van der Waals surface area contributed by atoms with Crippen LogP contribution < -0.4 is 0 Å². The second-order valence-corrected chi connectivity index (χ2v) is 4.80. The van der Waals surface area contributed by atoms with Crippen LogP contribution in [0, 0.1) is 13.8 Å². The lowest BCUT2D eigenvalue weighted by molar-refractivity contribution is 0.0526. The first-order valence-corrected chi connectivity index (χ1v) is 7.11. The molecule has 2 aromatic carbocycles. The lowest BCUT2D eigenvalue weighted by Gasteiger charge is -2.04. The first-order chi connectivity index (χ1) is 10.5. The van der Waals surface area contributed by atoms with Crippen LogP contribution in [0.25, 0.3) is 0 Å². The Morgan fingerprint density at radius 2 is 1.68 bits per heavy atom. The molecular weight excluding hydrogens is 280 g/mol. The summed E-state index contributed by atoms with van der Waals surface area (Å²) >= 11 is 0. The number of esters is 1. The van der Waals surface area contributed by atoms with Gasteiger partial charge in [0, 0.05) is 0 Å². The summed E-state index contributed by atoms with van der Waals surface area (Å²) < 4.78 is 4.73. The number of carbonyl (C=O) groups excluding carboxylic acids is 1. The molecule has 2 rings (SSSR count). The highest BCUT2D eigenvalue weighted by atomic mass is 16.5. The highest BCUT2D eigenvalue weighted by molar-refractivity contribution is 5.89. The number of benzene rings is 2. The van der Waals surface area contributed by atoms with E-state index in [2.05, 4.69) is 0 Å². The number of aliphatic hydroxyl groups excluding tert-OH is 1. The average Bonchev–Trinajstić information content (AvgIpc) is 2.48. The number of carbonyl (C=O) groups is 1. The van der Waals surface area contributed by atoms with Gasteiger partial charge in [0.1, 0.15) is 5.75 Å². The van der Waals surface area contributed by atoms with Crippen molar-refractivity contribution in [3.05, 3.63) is 64.7 Å². The average molecular weight is 302 g/mol. The number of hydrogen-bond donors (Lipinski definition) is 2. The third kappa shape index (κ3) is 5.22. The zero-order valence-electron chi connectivity index (χ0n) is 13.2. The lowest BCUT2D eigenvalue weighted by Crippen LogP contribution is -2.03. The first kappa shape index (κ1) is 17.7. The summed E-state index contributed by atoms with van der Waals surface area (Å²) in [5.41, 5.74) is 3.77. The van der Waals surface area contributed by atoms with Crippen LogP contribution in [-0.2, 0) is 11.3 Å². The van der Waals surface area contributed by atoms with E-state index in [1.807, 2.05) is 32.0 Å². The van der Waals surface area contributed by atoms with Gasteiger partial charge in [-0.1, -0.05) is 24.3 Å². The fourth-order valence-corrected chi connectivity index (χ4v) is 1.95. The standard InChI is InChI=1S/C9H10O3.C9H12O/c1-2-12-9(11)7-4-3-5-8(10)6-7;1-7-4-3-5-8(2)9(7)6-10/h3-6,10H,2H2,1H3;3-5,10H,6H2,1-2H3. The van der Waals surface area contributed by atoms with Crippen LogP contribution in [0.5, 0.6) is 5.75 Å². The summed E-state index contributed by atoms with van der Waals surface area (Å²) in [6.45, 7) is 6.25. The summed E-state index contributed by atoms with van der Waals surface area (Å²) in [5, 5.41) is 17.9. The molecule has 0 unspecified atom stereocenters. The maximum atomic E-state index is 11.1. The number of rotatable bonds is 3. The Morgan fingerprint density at radius 1 is 1.09 bits per heavy atom. The first-order valence-electron chi connectivity index (χ1n) is 7.11. The minimum Gasteiger partial charge on any atom is -0.508 e. The number of hydrogen-bond acceptors (Lipinski definition) is 4. The SMILES string of the molecule is CCOC(=O)c1cccc(O)c1.Cc1cccc(C)c1CO. The van der Waals surface area contributed by atoms with Crippen LogP contribution >= 0.6 is 0 Å². The molecule has 0 saturated heterocycles. The van der Waals surface area contributed by atoms with Crippen molar-refractivity contribution >= 4 is 5.97 Å². The molecule has 0 aliphatic rings. The Hall–Kier alpha value is -2.33. The van der Waals surface area contributed by atoms with E-state index in [0.717, 1.165) is 5.56 Å². The minimum atomic E-state index is -0.409. The lowest BCUT2D eigenvalue weighted by atomic mass is 10.0. The smallest absolute Gasteiger partial charge is 0.338 e. The summed E-state index contributed by atoms with van der Waals surface area (Å²) in [6.07, 6.45) is 0. The van der Waals surface area contributed by atoms with Gasteiger partial charge in [-0.25, -0.2) is 4.79 Å². The summed E-state index contributed by atoms with van der Waals surface area (Å²) in [4.78, 5) is 11.1. The zero-order valence-corrected chi connectivity index (χ0v) is 13.2. The third-order valence-corrected chi connectivity index (χ3v) is 3.16. The molecule has 118 valence electrons. The molecule has 0 saturated carbocycles. The topological polar surface area (TPSA) is 66.8 Å². The van der Waals surface area contributed by atoms with Crippen molar-refractivity contribution in [3.8, 4) is 5.75 Å². The van der Waals surface area contributed by atoms with Crippen molar-refractivity contribution in [2.75, 3.05) is 6.61 Å². The Kier molecular flexibility index (Phi) is 7.13. The molecule has 2 N–H and O–H groups in total. The van der Waals surface area contributed by atoms with Gasteiger partial charge in [-0.3, -0.25) is 0 Å². The Bertz CT molecular complexity index is 600. The van der Waals surface area contributed by atoms with Gasteiger partial charge in [-0.05, 0) is 55.7 Å². The summed E-state index contributed by atoms with van der Waals surface area (Å²) in [5.74, 6) is -0.339. The molecule has 2 aromatic rings. The van der Waals surface area contributed by atoms with Gasteiger partial charge in [-0.15, -0.1) is 0 Å². The van der Waals surface area contributed by atoms with E-state index in [4.69, 9.17) is 14.9 Å². The van der Waals surface area contributed by atoms with Crippen LogP contribution in [0.2, 0.25) is 0 Å². The second kappa shape index (κ2) is 8.85. The normalized spacial score (nSPS) is 9.64. The Labute approximate surface area is 131 Å². The Balaban J connectivity index is 0.000000224. The van der Waals surface area contributed by atoms with Gasteiger partial charge in [0.15, 0.2) is 0 Å². The summed E-state index contributed by atoms with van der Waals surface area (Å²) in [6, 6.07) is 12.1. The van der Waals surface area contributed by atoms with Crippen LogP contribution in [0.15, 0.2) is 42.5 Å². The van der Waals surface area contributed by atoms with Gasteiger partial charge in [0.05, 0.1) is 18.8 Å².